The van der Waals surface area contributed by atoms with Gasteiger partial charge in [-0.15, -0.1) is 0 Å². The van der Waals surface area contributed by atoms with Crippen molar-refractivity contribution in [2.24, 2.45) is 0 Å². The normalized spacial score (nSPS) is 15.8. The van der Waals surface area contributed by atoms with E-state index in [4.69, 9.17) is 4.74 Å². The van der Waals surface area contributed by atoms with Gasteiger partial charge in [-0.2, -0.15) is 0 Å². The molecule has 0 spiro atoms. The first-order valence-electron chi connectivity index (χ1n) is 10.5. The van der Waals surface area contributed by atoms with Crippen molar-refractivity contribution in [2.75, 3.05) is 13.7 Å². The maximum Gasteiger partial charge on any atom is 0.325 e. The Bertz CT molecular complexity index is 1090. The average Bonchev–Trinajstić information content (AvgIpc) is 3.33. The molecule has 4 rings (SSSR count). The van der Waals surface area contributed by atoms with Crippen LogP contribution in [0.4, 0.5) is 4.79 Å². The van der Waals surface area contributed by atoms with Crippen LogP contribution < -0.4 is 15.4 Å². The highest BCUT2D eigenvalue weighted by atomic mass is 16.5. The molecule has 0 radical (unpaired) electrons. The van der Waals surface area contributed by atoms with E-state index in [1.165, 1.54) is 4.90 Å². The van der Waals surface area contributed by atoms with Crippen molar-refractivity contribution in [2.45, 2.75) is 31.8 Å². The number of imide groups is 1. The topological polar surface area (TPSA) is 116 Å². The minimum absolute atomic E-state index is 0.146. The zero-order valence-corrected chi connectivity index (χ0v) is 17.8. The molecule has 1 aromatic heterocycles. The van der Waals surface area contributed by atoms with Crippen molar-refractivity contribution in [3.8, 4) is 5.75 Å². The highest BCUT2D eigenvalue weighted by Crippen LogP contribution is 2.17. The fourth-order valence-electron chi connectivity index (χ4n) is 3.64. The van der Waals surface area contributed by atoms with Gasteiger partial charge in [-0.3, -0.25) is 14.5 Å². The Morgan fingerprint density at radius 1 is 1.16 bits per heavy atom. The highest BCUT2D eigenvalue weighted by molar-refractivity contribution is 6.04. The number of benzene rings is 2. The van der Waals surface area contributed by atoms with Crippen molar-refractivity contribution < 1.29 is 19.1 Å². The zero-order valence-electron chi connectivity index (χ0n) is 17.8. The fraction of sp³-hybridized carbons (Fsp3) is 0.304. The van der Waals surface area contributed by atoms with Crippen LogP contribution in [-0.2, 0) is 22.6 Å². The molecule has 9 nitrogen and oxygen atoms in total. The lowest BCUT2D eigenvalue weighted by Gasteiger charge is -2.13. The third kappa shape index (κ3) is 4.88. The summed E-state index contributed by atoms with van der Waals surface area (Å²) in [6.07, 6.45) is 0.975. The SMILES string of the molecule is COc1ccc(CN2C(=O)NC(CCC(=O)NCCc3nc4ccccc4[nH]3)C2=O)cc1. The van der Waals surface area contributed by atoms with Crippen LogP contribution in [0.25, 0.3) is 11.0 Å². The predicted octanol–water partition coefficient (Wildman–Crippen LogP) is 2.13. The van der Waals surface area contributed by atoms with Gasteiger partial charge in [-0.25, -0.2) is 9.78 Å². The number of nitrogens with one attached hydrogen (secondary N) is 3. The van der Waals surface area contributed by atoms with Gasteiger partial charge in [-0.05, 0) is 36.2 Å². The van der Waals surface area contributed by atoms with E-state index in [9.17, 15) is 14.4 Å². The van der Waals surface area contributed by atoms with E-state index in [0.29, 0.717) is 18.7 Å². The summed E-state index contributed by atoms with van der Waals surface area (Å²) in [4.78, 5) is 45.9. The van der Waals surface area contributed by atoms with Crippen molar-refractivity contribution >= 4 is 28.9 Å². The van der Waals surface area contributed by atoms with Gasteiger partial charge in [0.2, 0.25) is 5.91 Å². The average molecular weight is 435 g/mol. The summed E-state index contributed by atoms with van der Waals surface area (Å²) in [6.45, 7) is 0.613. The van der Waals surface area contributed by atoms with Crippen molar-refractivity contribution in [3.05, 3.63) is 59.9 Å². The van der Waals surface area contributed by atoms with Crippen molar-refractivity contribution in [1.82, 2.24) is 25.5 Å². The molecule has 1 fully saturated rings. The number of carbonyl (C=O) groups excluding carboxylic acids is 3. The van der Waals surface area contributed by atoms with Crippen LogP contribution in [0.2, 0.25) is 0 Å². The maximum absolute atomic E-state index is 12.6. The van der Waals surface area contributed by atoms with E-state index in [0.717, 1.165) is 22.4 Å². The number of aromatic amines is 1. The number of nitrogens with zero attached hydrogens (tertiary/aromatic N) is 2. The summed E-state index contributed by atoms with van der Waals surface area (Å²) < 4.78 is 5.12. The lowest BCUT2D eigenvalue weighted by atomic mass is 10.1. The highest BCUT2D eigenvalue weighted by Gasteiger charge is 2.37. The van der Waals surface area contributed by atoms with Gasteiger partial charge in [0.25, 0.3) is 5.91 Å². The molecule has 2 aromatic carbocycles. The van der Waals surface area contributed by atoms with E-state index >= 15 is 0 Å². The molecule has 3 N–H and O–H groups in total. The number of imidazole rings is 1. The van der Waals surface area contributed by atoms with Crippen LogP contribution in [0, 0.1) is 0 Å². The number of carbonyl (C=O) groups is 3. The molecule has 0 saturated carbocycles. The first-order valence-corrected chi connectivity index (χ1v) is 10.5. The third-order valence-electron chi connectivity index (χ3n) is 5.39. The number of para-hydroxylation sites is 2. The van der Waals surface area contributed by atoms with E-state index in [-0.39, 0.29) is 31.2 Å². The summed E-state index contributed by atoms with van der Waals surface area (Å²) in [5, 5.41) is 5.51. The Morgan fingerprint density at radius 3 is 2.69 bits per heavy atom. The van der Waals surface area contributed by atoms with Gasteiger partial charge < -0.3 is 20.4 Å². The number of rotatable bonds is 9. The third-order valence-corrected chi connectivity index (χ3v) is 5.39. The quantitative estimate of drug-likeness (QED) is 0.445. The molecule has 0 aliphatic carbocycles. The Balaban J connectivity index is 1.22. The Kier molecular flexibility index (Phi) is 6.34. The zero-order chi connectivity index (χ0) is 22.5. The number of amides is 4. The number of hydrogen-bond donors (Lipinski definition) is 3. The Hall–Kier alpha value is -3.88. The van der Waals surface area contributed by atoms with Gasteiger partial charge in [0.1, 0.15) is 17.6 Å². The van der Waals surface area contributed by atoms with Crippen LogP contribution in [0.3, 0.4) is 0 Å². The van der Waals surface area contributed by atoms with E-state index in [1.807, 2.05) is 36.4 Å². The molecule has 0 bridgehead atoms. The Morgan fingerprint density at radius 2 is 1.94 bits per heavy atom. The summed E-state index contributed by atoms with van der Waals surface area (Å²) in [5.74, 6) is 1.02. The number of hydrogen-bond acceptors (Lipinski definition) is 5. The second kappa shape index (κ2) is 9.51. The summed E-state index contributed by atoms with van der Waals surface area (Å²) in [7, 11) is 1.58. The number of H-pyrrole nitrogens is 1. The first-order chi connectivity index (χ1) is 15.5. The standard InChI is InChI=1S/C23H25N5O4/c1-32-16-8-6-15(7-9-16)14-28-22(30)19(27-23(28)31)10-11-21(29)24-13-12-20-25-17-4-2-3-5-18(17)26-20/h2-9,19H,10-14H2,1H3,(H,24,29)(H,25,26)(H,27,31). The molecule has 4 amide bonds. The summed E-state index contributed by atoms with van der Waals surface area (Å²) in [5.41, 5.74) is 2.67. The molecule has 1 saturated heterocycles. The molecule has 9 heteroatoms. The monoisotopic (exact) mass is 435 g/mol. The fourth-order valence-corrected chi connectivity index (χ4v) is 3.64. The van der Waals surface area contributed by atoms with Crippen LogP contribution in [0.1, 0.15) is 24.2 Å². The molecule has 1 aliphatic heterocycles. The second-order valence-corrected chi connectivity index (χ2v) is 7.61. The smallest absolute Gasteiger partial charge is 0.325 e. The number of ether oxygens (including phenoxy) is 1. The van der Waals surface area contributed by atoms with Gasteiger partial charge in [-0.1, -0.05) is 24.3 Å². The van der Waals surface area contributed by atoms with Gasteiger partial charge in [0.15, 0.2) is 0 Å². The Labute approximate surface area is 185 Å². The number of methoxy groups -OCH3 is 1. The van der Waals surface area contributed by atoms with Gasteiger partial charge in [0.05, 0.1) is 24.7 Å². The molecule has 3 aromatic rings. The molecular weight excluding hydrogens is 410 g/mol. The molecule has 2 heterocycles. The molecule has 1 aliphatic rings. The van der Waals surface area contributed by atoms with Crippen LogP contribution in [0.5, 0.6) is 5.75 Å². The van der Waals surface area contributed by atoms with Crippen molar-refractivity contribution in [1.29, 1.82) is 0 Å². The van der Waals surface area contributed by atoms with E-state index in [1.54, 1.807) is 19.2 Å². The molecule has 1 unspecified atom stereocenters. The number of aromatic nitrogens is 2. The minimum Gasteiger partial charge on any atom is -0.497 e. The lowest BCUT2D eigenvalue weighted by molar-refractivity contribution is -0.128. The maximum atomic E-state index is 12.6. The van der Waals surface area contributed by atoms with Crippen LogP contribution >= 0.6 is 0 Å². The van der Waals surface area contributed by atoms with Crippen LogP contribution in [0.15, 0.2) is 48.5 Å². The molecular formula is C23H25N5O4. The van der Waals surface area contributed by atoms with E-state index in [2.05, 4.69) is 20.6 Å². The molecule has 32 heavy (non-hydrogen) atoms. The summed E-state index contributed by atoms with van der Waals surface area (Å²) >= 11 is 0. The first kappa shape index (κ1) is 21.4. The second-order valence-electron chi connectivity index (χ2n) is 7.61. The predicted molar refractivity (Wildman–Crippen MR) is 118 cm³/mol. The number of urea groups is 1. The molecule has 1 atom stereocenters. The van der Waals surface area contributed by atoms with Crippen molar-refractivity contribution in [3.63, 3.8) is 0 Å². The number of fused-ring (bicyclic) bond motifs is 1. The van der Waals surface area contributed by atoms with Crippen LogP contribution in [-0.4, -0.2) is 52.4 Å². The minimum atomic E-state index is -0.693. The lowest BCUT2D eigenvalue weighted by Crippen LogP contribution is -2.33. The van der Waals surface area contributed by atoms with Gasteiger partial charge >= 0.3 is 6.03 Å². The van der Waals surface area contributed by atoms with E-state index < -0.39 is 12.1 Å². The van der Waals surface area contributed by atoms with Gasteiger partial charge in [0, 0.05) is 19.4 Å². The largest absolute Gasteiger partial charge is 0.497 e. The summed E-state index contributed by atoms with van der Waals surface area (Å²) in [6, 6.07) is 13.8. The molecule has 166 valence electrons.